The van der Waals surface area contributed by atoms with Crippen LogP contribution in [0, 0.1) is 12.8 Å². The fourth-order valence-corrected chi connectivity index (χ4v) is 2.50. The van der Waals surface area contributed by atoms with Gasteiger partial charge in [0.1, 0.15) is 11.9 Å². The first-order valence-corrected chi connectivity index (χ1v) is 7.17. The highest BCUT2D eigenvalue weighted by Crippen LogP contribution is 2.20. The molecule has 2 heterocycles. The van der Waals surface area contributed by atoms with Crippen LogP contribution >= 0.6 is 0 Å². The molecule has 1 fully saturated rings. The van der Waals surface area contributed by atoms with Crippen LogP contribution in [0.1, 0.15) is 25.3 Å². The average molecular weight is 291 g/mol. The van der Waals surface area contributed by atoms with Gasteiger partial charge in [0, 0.05) is 12.7 Å². The molecule has 0 aromatic carbocycles. The second kappa shape index (κ2) is 6.67. The Balaban J connectivity index is 1.95. The second-order valence-corrected chi connectivity index (χ2v) is 5.56. The van der Waals surface area contributed by atoms with Crippen molar-refractivity contribution in [2.45, 2.75) is 32.7 Å². The lowest BCUT2D eigenvalue weighted by atomic mass is 9.96. The molecule has 1 aromatic heterocycles. The molecule has 0 saturated carbocycles. The van der Waals surface area contributed by atoms with Gasteiger partial charge in [-0.1, -0.05) is 6.07 Å². The van der Waals surface area contributed by atoms with Gasteiger partial charge in [-0.05, 0) is 44.9 Å². The van der Waals surface area contributed by atoms with Crippen LogP contribution in [0.5, 0.6) is 0 Å². The molecule has 2 rings (SSSR count). The first kappa shape index (κ1) is 15.4. The summed E-state index contributed by atoms with van der Waals surface area (Å²) < 4.78 is 0. The minimum Gasteiger partial charge on any atom is -0.480 e. The van der Waals surface area contributed by atoms with Crippen LogP contribution in [-0.4, -0.2) is 46.0 Å². The molecule has 21 heavy (non-hydrogen) atoms. The Morgan fingerprint density at radius 3 is 2.86 bits per heavy atom. The predicted octanol–water partition coefficient (Wildman–Crippen LogP) is 1.51. The van der Waals surface area contributed by atoms with Crippen LogP contribution in [0.25, 0.3) is 0 Å². The van der Waals surface area contributed by atoms with E-state index in [9.17, 15) is 9.59 Å². The van der Waals surface area contributed by atoms with Gasteiger partial charge < -0.3 is 10.4 Å². The van der Waals surface area contributed by atoms with Crippen molar-refractivity contribution in [2.24, 2.45) is 5.92 Å². The number of carbonyl (C=O) groups is 2. The molecule has 0 aliphatic carbocycles. The molecule has 0 unspecified atom stereocenters. The Hall–Kier alpha value is -1.95. The van der Waals surface area contributed by atoms with Gasteiger partial charge in [0.05, 0.1) is 5.92 Å². The van der Waals surface area contributed by atoms with E-state index in [1.54, 1.807) is 19.2 Å². The summed E-state index contributed by atoms with van der Waals surface area (Å²) in [5.74, 6) is -0.595. The third kappa shape index (κ3) is 4.01. The molecule has 0 bridgehead atoms. The summed E-state index contributed by atoms with van der Waals surface area (Å²) in [6, 6.07) is 3.11. The van der Waals surface area contributed by atoms with Gasteiger partial charge in [0.2, 0.25) is 5.91 Å². The Kier molecular flexibility index (Phi) is 4.90. The third-order valence-corrected chi connectivity index (χ3v) is 3.89. The number of anilines is 1. The molecule has 1 aromatic rings. The van der Waals surface area contributed by atoms with E-state index in [0.29, 0.717) is 12.4 Å². The van der Waals surface area contributed by atoms with E-state index in [1.807, 2.05) is 17.9 Å². The molecule has 6 nitrogen and oxygen atoms in total. The second-order valence-electron chi connectivity index (χ2n) is 5.56. The van der Waals surface area contributed by atoms with E-state index in [0.717, 1.165) is 24.9 Å². The number of hydrogen-bond donors (Lipinski definition) is 2. The van der Waals surface area contributed by atoms with E-state index in [2.05, 4.69) is 10.3 Å². The molecule has 6 heteroatoms. The van der Waals surface area contributed by atoms with Gasteiger partial charge in [-0.2, -0.15) is 0 Å². The highest BCUT2D eigenvalue weighted by molar-refractivity contribution is 5.91. The maximum atomic E-state index is 12.3. The van der Waals surface area contributed by atoms with Gasteiger partial charge in [-0.3, -0.25) is 14.5 Å². The molecule has 114 valence electrons. The standard InChI is InChI=1S/C15H21N3O3/c1-10-5-6-13(16-8-10)17-14(19)12-4-3-7-18(9-12)11(2)15(20)21/h5-6,8,11-12H,3-4,7,9H2,1-2H3,(H,20,21)(H,16,17,19)/t11-,12+/m1/s1. The van der Waals surface area contributed by atoms with Gasteiger partial charge in [-0.25, -0.2) is 4.98 Å². The van der Waals surface area contributed by atoms with Crippen molar-refractivity contribution in [3.8, 4) is 0 Å². The number of aryl methyl sites for hydroxylation is 1. The number of nitrogens with one attached hydrogen (secondary N) is 1. The van der Waals surface area contributed by atoms with E-state index in [1.165, 1.54) is 0 Å². The highest BCUT2D eigenvalue weighted by atomic mass is 16.4. The largest absolute Gasteiger partial charge is 0.480 e. The van der Waals surface area contributed by atoms with E-state index in [4.69, 9.17) is 5.11 Å². The summed E-state index contributed by atoms with van der Waals surface area (Å²) in [5.41, 5.74) is 1.03. The molecule has 2 atom stereocenters. The van der Waals surface area contributed by atoms with Crippen molar-refractivity contribution in [1.82, 2.24) is 9.88 Å². The van der Waals surface area contributed by atoms with Crippen molar-refractivity contribution >= 4 is 17.7 Å². The first-order valence-electron chi connectivity index (χ1n) is 7.17. The number of aliphatic carboxylic acids is 1. The van der Waals surface area contributed by atoms with Crippen molar-refractivity contribution < 1.29 is 14.7 Å². The Bertz CT molecular complexity index is 515. The fraction of sp³-hybridized carbons (Fsp3) is 0.533. The normalized spacial score (nSPS) is 20.8. The van der Waals surface area contributed by atoms with Crippen LogP contribution in [-0.2, 0) is 9.59 Å². The molecule has 1 amide bonds. The summed E-state index contributed by atoms with van der Waals surface area (Å²) >= 11 is 0. The minimum absolute atomic E-state index is 0.0892. The van der Waals surface area contributed by atoms with Gasteiger partial charge in [0.15, 0.2) is 0 Å². The van der Waals surface area contributed by atoms with Crippen LogP contribution in [0.4, 0.5) is 5.82 Å². The van der Waals surface area contributed by atoms with E-state index < -0.39 is 12.0 Å². The number of carboxylic acids is 1. The van der Waals surface area contributed by atoms with Crippen molar-refractivity contribution in [2.75, 3.05) is 18.4 Å². The van der Waals surface area contributed by atoms with Crippen molar-refractivity contribution in [3.05, 3.63) is 23.9 Å². The number of piperidine rings is 1. The predicted molar refractivity (Wildman–Crippen MR) is 79.0 cm³/mol. The summed E-state index contributed by atoms with van der Waals surface area (Å²) in [4.78, 5) is 29.3. The number of hydrogen-bond acceptors (Lipinski definition) is 4. The number of likely N-dealkylation sites (tertiary alicyclic amines) is 1. The lowest BCUT2D eigenvalue weighted by Crippen LogP contribution is -2.47. The summed E-state index contributed by atoms with van der Waals surface area (Å²) in [6.07, 6.45) is 3.31. The molecule has 1 aliphatic rings. The lowest BCUT2D eigenvalue weighted by molar-refractivity contribution is -0.144. The van der Waals surface area contributed by atoms with E-state index in [-0.39, 0.29) is 11.8 Å². The first-order chi connectivity index (χ1) is 9.97. The summed E-state index contributed by atoms with van der Waals surface area (Å²) in [5, 5.41) is 11.9. The molecular formula is C15H21N3O3. The zero-order valence-corrected chi connectivity index (χ0v) is 12.4. The monoisotopic (exact) mass is 291 g/mol. The number of aromatic nitrogens is 1. The maximum absolute atomic E-state index is 12.3. The quantitative estimate of drug-likeness (QED) is 0.878. The molecule has 1 aliphatic heterocycles. The van der Waals surface area contributed by atoms with Crippen LogP contribution < -0.4 is 5.32 Å². The van der Waals surface area contributed by atoms with Gasteiger partial charge in [0.25, 0.3) is 0 Å². The fourth-order valence-electron chi connectivity index (χ4n) is 2.50. The summed E-state index contributed by atoms with van der Waals surface area (Å²) in [6.45, 7) is 4.79. The van der Waals surface area contributed by atoms with Crippen molar-refractivity contribution in [1.29, 1.82) is 0 Å². The third-order valence-electron chi connectivity index (χ3n) is 3.89. The lowest BCUT2D eigenvalue weighted by Gasteiger charge is -2.34. The Morgan fingerprint density at radius 2 is 2.24 bits per heavy atom. The zero-order chi connectivity index (χ0) is 15.4. The van der Waals surface area contributed by atoms with Crippen molar-refractivity contribution in [3.63, 3.8) is 0 Å². The SMILES string of the molecule is Cc1ccc(NC(=O)[C@H]2CCCN([C@H](C)C(=O)O)C2)nc1. The number of amides is 1. The van der Waals surface area contributed by atoms with Crippen LogP contribution in [0.15, 0.2) is 18.3 Å². The van der Waals surface area contributed by atoms with Crippen LogP contribution in [0.3, 0.4) is 0 Å². The number of carboxylic acid groups (broad SMARTS) is 1. The summed E-state index contributed by atoms with van der Waals surface area (Å²) in [7, 11) is 0. The van der Waals surface area contributed by atoms with E-state index >= 15 is 0 Å². The minimum atomic E-state index is -0.851. The average Bonchev–Trinajstić information content (AvgIpc) is 2.48. The molecular weight excluding hydrogens is 270 g/mol. The topological polar surface area (TPSA) is 82.5 Å². The van der Waals surface area contributed by atoms with Crippen LogP contribution in [0.2, 0.25) is 0 Å². The Morgan fingerprint density at radius 1 is 1.48 bits per heavy atom. The molecule has 0 spiro atoms. The number of nitrogens with zero attached hydrogens (tertiary/aromatic N) is 2. The Labute approximate surface area is 124 Å². The van der Waals surface area contributed by atoms with Gasteiger partial charge in [-0.15, -0.1) is 0 Å². The molecule has 1 saturated heterocycles. The number of pyridine rings is 1. The van der Waals surface area contributed by atoms with Gasteiger partial charge >= 0.3 is 5.97 Å². The number of rotatable bonds is 4. The zero-order valence-electron chi connectivity index (χ0n) is 12.4. The highest BCUT2D eigenvalue weighted by Gasteiger charge is 2.30. The number of carbonyl (C=O) groups excluding carboxylic acids is 1. The molecule has 0 radical (unpaired) electrons. The molecule has 2 N–H and O–H groups in total. The smallest absolute Gasteiger partial charge is 0.320 e. The maximum Gasteiger partial charge on any atom is 0.320 e.